The zero-order chi connectivity index (χ0) is 14.5. The Morgan fingerprint density at radius 2 is 2.25 bits per heavy atom. The molecule has 6 heteroatoms. The molecule has 0 aliphatic rings. The van der Waals surface area contributed by atoms with Crippen molar-refractivity contribution >= 4 is 11.6 Å². The van der Waals surface area contributed by atoms with E-state index in [1.807, 2.05) is 26.1 Å². The maximum absolute atomic E-state index is 11.8. The molecular formula is C14H19N5O. The number of amides is 1. The molecule has 2 heterocycles. The number of nitrogens with zero attached hydrogens (tertiary/aromatic N) is 3. The van der Waals surface area contributed by atoms with Crippen molar-refractivity contribution in [2.75, 3.05) is 5.32 Å². The Labute approximate surface area is 118 Å². The van der Waals surface area contributed by atoms with Crippen LogP contribution in [0.4, 0.5) is 5.69 Å². The van der Waals surface area contributed by atoms with Crippen LogP contribution in [0.1, 0.15) is 20.3 Å². The lowest BCUT2D eigenvalue weighted by atomic mass is 10.0. The second kappa shape index (κ2) is 6.29. The van der Waals surface area contributed by atoms with E-state index in [1.165, 1.54) is 0 Å². The van der Waals surface area contributed by atoms with E-state index < -0.39 is 0 Å². The summed E-state index contributed by atoms with van der Waals surface area (Å²) in [7, 11) is 0. The molecule has 2 rings (SSSR count). The van der Waals surface area contributed by atoms with Crippen molar-refractivity contribution in [3.63, 3.8) is 0 Å². The van der Waals surface area contributed by atoms with Crippen molar-refractivity contribution in [3.05, 3.63) is 37.1 Å². The fourth-order valence-corrected chi connectivity index (χ4v) is 1.67. The highest BCUT2D eigenvalue weighted by atomic mass is 16.1. The molecule has 0 spiro atoms. The summed E-state index contributed by atoms with van der Waals surface area (Å²) in [5.74, 6) is 0.935. The number of nitrogens with one attached hydrogen (secondary N) is 1. The first-order valence-electron chi connectivity index (χ1n) is 6.56. The minimum atomic E-state index is -0.131. The highest BCUT2D eigenvalue weighted by Gasteiger charge is 2.13. The van der Waals surface area contributed by atoms with Crippen LogP contribution in [0.25, 0.3) is 5.82 Å². The number of hydrogen-bond donors (Lipinski definition) is 2. The van der Waals surface area contributed by atoms with E-state index in [4.69, 9.17) is 5.73 Å². The van der Waals surface area contributed by atoms with Gasteiger partial charge in [-0.05, 0) is 18.1 Å². The molecule has 6 nitrogen and oxygen atoms in total. The smallest absolute Gasteiger partial charge is 0.225 e. The van der Waals surface area contributed by atoms with Crippen LogP contribution >= 0.6 is 0 Å². The normalized spacial score (nSPS) is 12.4. The van der Waals surface area contributed by atoms with Gasteiger partial charge in [-0.1, -0.05) is 13.8 Å². The van der Waals surface area contributed by atoms with Gasteiger partial charge in [-0.2, -0.15) is 0 Å². The van der Waals surface area contributed by atoms with Gasteiger partial charge in [0.2, 0.25) is 5.91 Å². The van der Waals surface area contributed by atoms with Crippen LogP contribution in [0.2, 0.25) is 0 Å². The lowest BCUT2D eigenvalue weighted by Crippen LogP contribution is -2.31. The molecular weight excluding hydrogens is 254 g/mol. The number of nitrogens with two attached hydrogens (primary N) is 1. The fourth-order valence-electron chi connectivity index (χ4n) is 1.67. The van der Waals surface area contributed by atoms with Crippen molar-refractivity contribution in [3.8, 4) is 5.82 Å². The van der Waals surface area contributed by atoms with Crippen molar-refractivity contribution < 1.29 is 4.79 Å². The van der Waals surface area contributed by atoms with Gasteiger partial charge in [0, 0.05) is 24.9 Å². The Bertz CT molecular complexity index is 547. The second-order valence-electron chi connectivity index (χ2n) is 5.04. The second-order valence-corrected chi connectivity index (χ2v) is 5.04. The minimum Gasteiger partial charge on any atom is -0.327 e. The van der Waals surface area contributed by atoms with E-state index in [0.717, 1.165) is 5.82 Å². The van der Waals surface area contributed by atoms with Crippen molar-refractivity contribution in [1.29, 1.82) is 0 Å². The summed E-state index contributed by atoms with van der Waals surface area (Å²) in [6.45, 7) is 4.00. The molecule has 2 aromatic heterocycles. The van der Waals surface area contributed by atoms with Gasteiger partial charge in [0.15, 0.2) is 0 Å². The third-order valence-corrected chi connectivity index (χ3v) is 3.08. The van der Waals surface area contributed by atoms with E-state index in [1.54, 1.807) is 29.4 Å². The average Bonchev–Trinajstić information content (AvgIpc) is 2.93. The Morgan fingerprint density at radius 3 is 2.80 bits per heavy atom. The van der Waals surface area contributed by atoms with E-state index in [-0.39, 0.29) is 17.9 Å². The van der Waals surface area contributed by atoms with Gasteiger partial charge < -0.3 is 11.1 Å². The summed E-state index contributed by atoms with van der Waals surface area (Å²) in [6.07, 6.45) is 7.09. The SMILES string of the molecule is CC(C)C(N)CC(=O)Nc1ccc(-n2ccnc2)nc1. The maximum Gasteiger partial charge on any atom is 0.225 e. The number of anilines is 1. The first-order chi connectivity index (χ1) is 9.56. The summed E-state index contributed by atoms with van der Waals surface area (Å²) in [5.41, 5.74) is 6.53. The van der Waals surface area contributed by atoms with Crippen LogP contribution in [0.3, 0.4) is 0 Å². The van der Waals surface area contributed by atoms with E-state index in [9.17, 15) is 4.79 Å². The third kappa shape index (κ3) is 3.64. The number of imidazole rings is 1. The average molecular weight is 273 g/mol. The molecule has 0 fully saturated rings. The molecule has 1 amide bonds. The van der Waals surface area contributed by atoms with Crippen LogP contribution in [0, 0.1) is 5.92 Å². The molecule has 1 unspecified atom stereocenters. The van der Waals surface area contributed by atoms with Gasteiger partial charge >= 0.3 is 0 Å². The fraction of sp³-hybridized carbons (Fsp3) is 0.357. The van der Waals surface area contributed by atoms with Gasteiger partial charge in [-0.25, -0.2) is 9.97 Å². The lowest BCUT2D eigenvalue weighted by molar-refractivity contribution is -0.116. The molecule has 0 bridgehead atoms. The molecule has 20 heavy (non-hydrogen) atoms. The zero-order valence-corrected chi connectivity index (χ0v) is 11.7. The highest BCUT2D eigenvalue weighted by molar-refractivity contribution is 5.90. The quantitative estimate of drug-likeness (QED) is 0.866. The van der Waals surface area contributed by atoms with Gasteiger partial charge in [0.1, 0.15) is 12.1 Å². The zero-order valence-electron chi connectivity index (χ0n) is 11.7. The van der Waals surface area contributed by atoms with Crippen LogP contribution in [0.15, 0.2) is 37.1 Å². The number of carbonyl (C=O) groups excluding carboxylic acids is 1. The summed E-state index contributed by atoms with van der Waals surface area (Å²) >= 11 is 0. The molecule has 0 aliphatic heterocycles. The first kappa shape index (κ1) is 14.2. The number of rotatable bonds is 5. The van der Waals surface area contributed by atoms with Crippen LogP contribution in [-0.4, -0.2) is 26.5 Å². The summed E-state index contributed by atoms with van der Waals surface area (Å²) in [6, 6.07) is 3.49. The topological polar surface area (TPSA) is 85.8 Å². The molecule has 0 radical (unpaired) electrons. The Morgan fingerprint density at radius 1 is 1.45 bits per heavy atom. The van der Waals surface area contributed by atoms with Gasteiger partial charge in [-0.3, -0.25) is 9.36 Å². The maximum atomic E-state index is 11.8. The lowest BCUT2D eigenvalue weighted by Gasteiger charge is -2.15. The number of pyridine rings is 1. The van der Waals surface area contributed by atoms with Gasteiger partial charge in [0.05, 0.1) is 11.9 Å². The van der Waals surface area contributed by atoms with Crippen molar-refractivity contribution in [1.82, 2.24) is 14.5 Å². The third-order valence-electron chi connectivity index (χ3n) is 3.08. The predicted molar refractivity (Wildman–Crippen MR) is 77.4 cm³/mol. The molecule has 1 atom stereocenters. The molecule has 2 aromatic rings. The Hall–Kier alpha value is -2.21. The largest absolute Gasteiger partial charge is 0.327 e. The Balaban J connectivity index is 1.95. The summed E-state index contributed by atoms with van der Waals surface area (Å²) in [4.78, 5) is 20.0. The molecule has 0 saturated carbocycles. The van der Waals surface area contributed by atoms with E-state index in [2.05, 4.69) is 15.3 Å². The van der Waals surface area contributed by atoms with Crippen LogP contribution < -0.4 is 11.1 Å². The standard InChI is InChI=1S/C14H19N5O/c1-10(2)12(15)7-14(20)18-11-3-4-13(17-8-11)19-6-5-16-9-19/h3-6,8-10,12H,7,15H2,1-2H3,(H,18,20). The van der Waals surface area contributed by atoms with E-state index in [0.29, 0.717) is 12.1 Å². The number of hydrogen-bond acceptors (Lipinski definition) is 4. The van der Waals surface area contributed by atoms with Crippen LogP contribution in [0.5, 0.6) is 0 Å². The molecule has 106 valence electrons. The number of carbonyl (C=O) groups is 1. The molecule has 0 aromatic carbocycles. The minimum absolute atomic E-state index is 0.0941. The Kier molecular flexibility index (Phi) is 4.47. The van der Waals surface area contributed by atoms with Gasteiger partial charge in [-0.15, -0.1) is 0 Å². The predicted octanol–water partition coefficient (Wildman–Crippen LogP) is 1.58. The first-order valence-corrected chi connectivity index (χ1v) is 6.56. The summed E-state index contributed by atoms with van der Waals surface area (Å²) < 4.78 is 1.79. The van der Waals surface area contributed by atoms with Crippen molar-refractivity contribution in [2.24, 2.45) is 11.7 Å². The molecule has 0 aliphatic carbocycles. The van der Waals surface area contributed by atoms with Crippen LogP contribution in [-0.2, 0) is 4.79 Å². The monoisotopic (exact) mass is 273 g/mol. The highest BCUT2D eigenvalue weighted by Crippen LogP contribution is 2.11. The van der Waals surface area contributed by atoms with E-state index >= 15 is 0 Å². The molecule has 3 N–H and O–H groups in total. The number of aromatic nitrogens is 3. The summed E-state index contributed by atoms with van der Waals surface area (Å²) in [5, 5.41) is 2.79. The van der Waals surface area contributed by atoms with Crippen molar-refractivity contribution in [2.45, 2.75) is 26.3 Å². The molecule has 0 saturated heterocycles. The van der Waals surface area contributed by atoms with Gasteiger partial charge in [0.25, 0.3) is 0 Å².